The van der Waals surface area contributed by atoms with Gasteiger partial charge in [-0.3, -0.25) is 4.90 Å². The van der Waals surface area contributed by atoms with E-state index in [0.29, 0.717) is 5.95 Å². The first kappa shape index (κ1) is 17.6. The highest BCUT2D eigenvalue weighted by atomic mass is 16.5. The molecule has 0 bridgehead atoms. The molecule has 0 radical (unpaired) electrons. The molecule has 1 aliphatic rings. The summed E-state index contributed by atoms with van der Waals surface area (Å²) < 4.78 is 5.32. The molecule has 0 saturated carbocycles. The van der Waals surface area contributed by atoms with Crippen LogP contribution < -0.4 is 9.80 Å². The van der Waals surface area contributed by atoms with E-state index in [4.69, 9.17) is 4.52 Å². The highest BCUT2D eigenvalue weighted by molar-refractivity contribution is 5.39. The third kappa shape index (κ3) is 4.25. The van der Waals surface area contributed by atoms with Crippen molar-refractivity contribution in [2.45, 2.75) is 33.2 Å². The molecule has 0 aliphatic carbocycles. The second-order valence-corrected chi connectivity index (χ2v) is 7.04. The minimum absolute atomic E-state index is 0.274. The fourth-order valence-electron chi connectivity index (χ4n) is 2.79. The van der Waals surface area contributed by atoms with Crippen molar-refractivity contribution >= 4 is 11.9 Å². The van der Waals surface area contributed by atoms with Crippen molar-refractivity contribution in [1.82, 2.24) is 25.0 Å². The van der Waals surface area contributed by atoms with Gasteiger partial charge in [-0.15, -0.1) is 0 Å². The van der Waals surface area contributed by atoms with E-state index < -0.39 is 0 Å². The number of aromatic nitrogens is 4. The number of rotatable bonds is 5. The van der Waals surface area contributed by atoms with Crippen molar-refractivity contribution in [3.05, 3.63) is 23.3 Å². The maximum Gasteiger partial charge on any atom is 0.230 e. The molecule has 1 aliphatic heterocycles. The van der Waals surface area contributed by atoms with Crippen LogP contribution in [0.25, 0.3) is 0 Å². The Morgan fingerprint density at radius 3 is 2.40 bits per heavy atom. The van der Waals surface area contributed by atoms with Gasteiger partial charge in [-0.05, 0) is 6.92 Å². The summed E-state index contributed by atoms with van der Waals surface area (Å²) in [6.45, 7) is 10.6. The molecule has 136 valence electrons. The molecule has 0 spiro atoms. The average Bonchev–Trinajstić information content (AvgIpc) is 3.00. The maximum absolute atomic E-state index is 5.32. The van der Waals surface area contributed by atoms with Gasteiger partial charge in [-0.2, -0.15) is 15.0 Å². The van der Waals surface area contributed by atoms with Gasteiger partial charge in [0.2, 0.25) is 11.9 Å². The molecular weight excluding hydrogens is 318 g/mol. The van der Waals surface area contributed by atoms with E-state index >= 15 is 0 Å². The Morgan fingerprint density at radius 2 is 1.84 bits per heavy atom. The normalized spacial score (nSPS) is 15.8. The second-order valence-electron chi connectivity index (χ2n) is 7.04. The van der Waals surface area contributed by atoms with E-state index in [-0.39, 0.29) is 5.92 Å². The summed E-state index contributed by atoms with van der Waals surface area (Å²) >= 11 is 0. The van der Waals surface area contributed by atoms with Crippen molar-refractivity contribution in [2.24, 2.45) is 0 Å². The first-order chi connectivity index (χ1) is 11.9. The molecule has 25 heavy (non-hydrogen) atoms. The standard InChI is InChI=1S/C17H27N7O/c1-12(2)15-18-16(22(4)5)20-17(19-15)24-8-6-23(7-9-24)11-14-10-13(3)21-25-14/h10,12H,6-9,11H2,1-5H3. The van der Waals surface area contributed by atoms with Crippen LogP contribution in [-0.2, 0) is 6.54 Å². The maximum atomic E-state index is 5.32. The molecule has 0 unspecified atom stereocenters. The molecular formula is C17H27N7O. The fourth-order valence-corrected chi connectivity index (χ4v) is 2.79. The largest absolute Gasteiger partial charge is 0.360 e. The molecule has 8 heteroatoms. The lowest BCUT2D eigenvalue weighted by atomic mass is 10.2. The van der Waals surface area contributed by atoms with Gasteiger partial charge in [0.25, 0.3) is 0 Å². The topological polar surface area (TPSA) is 74.4 Å². The fraction of sp³-hybridized carbons (Fsp3) is 0.647. The second kappa shape index (κ2) is 7.35. The number of nitrogens with zero attached hydrogens (tertiary/aromatic N) is 7. The molecule has 3 rings (SSSR count). The molecule has 0 amide bonds. The summed E-state index contributed by atoms with van der Waals surface area (Å²) in [4.78, 5) is 20.4. The first-order valence-corrected chi connectivity index (χ1v) is 8.75. The third-order valence-electron chi connectivity index (χ3n) is 4.26. The molecule has 0 aromatic carbocycles. The number of aryl methyl sites for hydroxylation is 1. The predicted molar refractivity (Wildman–Crippen MR) is 97.0 cm³/mol. The van der Waals surface area contributed by atoms with E-state index in [1.54, 1.807) is 0 Å². The zero-order valence-electron chi connectivity index (χ0n) is 15.7. The van der Waals surface area contributed by atoms with Crippen LogP contribution in [0.1, 0.15) is 37.0 Å². The van der Waals surface area contributed by atoms with Crippen LogP contribution in [0, 0.1) is 6.92 Å². The average molecular weight is 345 g/mol. The Kier molecular flexibility index (Phi) is 5.17. The Bertz CT molecular complexity index is 679. The zero-order valence-corrected chi connectivity index (χ0v) is 15.7. The van der Waals surface area contributed by atoms with Crippen LogP contribution in [0.15, 0.2) is 10.6 Å². The third-order valence-corrected chi connectivity index (χ3v) is 4.26. The van der Waals surface area contributed by atoms with Gasteiger partial charge >= 0.3 is 0 Å². The van der Waals surface area contributed by atoms with Crippen LogP contribution in [0.2, 0.25) is 0 Å². The monoisotopic (exact) mass is 345 g/mol. The number of hydrogen-bond donors (Lipinski definition) is 0. The van der Waals surface area contributed by atoms with Crippen molar-refractivity contribution in [3.63, 3.8) is 0 Å². The molecule has 3 heterocycles. The van der Waals surface area contributed by atoms with Crippen LogP contribution in [0.5, 0.6) is 0 Å². The van der Waals surface area contributed by atoms with Gasteiger partial charge in [0.1, 0.15) is 5.82 Å². The molecule has 2 aromatic rings. The SMILES string of the molecule is Cc1cc(CN2CCN(c3nc(C(C)C)nc(N(C)C)n3)CC2)on1. The molecule has 1 saturated heterocycles. The van der Waals surface area contributed by atoms with Crippen molar-refractivity contribution in [1.29, 1.82) is 0 Å². The lowest BCUT2D eigenvalue weighted by molar-refractivity contribution is 0.218. The molecule has 1 fully saturated rings. The minimum atomic E-state index is 0.274. The first-order valence-electron chi connectivity index (χ1n) is 8.75. The van der Waals surface area contributed by atoms with Crippen LogP contribution in [-0.4, -0.2) is 65.3 Å². The van der Waals surface area contributed by atoms with Crippen molar-refractivity contribution in [3.8, 4) is 0 Å². The van der Waals surface area contributed by atoms with Crippen molar-refractivity contribution in [2.75, 3.05) is 50.1 Å². The van der Waals surface area contributed by atoms with Gasteiger partial charge in [-0.1, -0.05) is 19.0 Å². The Balaban J connectivity index is 1.67. The molecule has 2 aromatic heterocycles. The summed E-state index contributed by atoms with van der Waals surface area (Å²) in [5.41, 5.74) is 0.927. The Labute approximate surface area is 148 Å². The highest BCUT2D eigenvalue weighted by Crippen LogP contribution is 2.19. The lowest BCUT2D eigenvalue weighted by Gasteiger charge is -2.34. The van der Waals surface area contributed by atoms with Gasteiger partial charge < -0.3 is 14.3 Å². The lowest BCUT2D eigenvalue weighted by Crippen LogP contribution is -2.46. The van der Waals surface area contributed by atoms with E-state index in [1.165, 1.54) is 0 Å². The van der Waals surface area contributed by atoms with E-state index in [2.05, 4.69) is 43.8 Å². The van der Waals surface area contributed by atoms with Gasteiger partial charge in [0, 0.05) is 52.3 Å². The smallest absolute Gasteiger partial charge is 0.230 e. The quantitative estimate of drug-likeness (QED) is 0.810. The summed E-state index contributed by atoms with van der Waals surface area (Å²) in [5.74, 6) is 3.53. The zero-order chi connectivity index (χ0) is 18.0. The van der Waals surface area contributed by atoms with Crippen LogP contribution in [0.3, 0.4) is 0 Å². The molecule has 0 atom stereocenters. The number of hydrogen-bond acceptors (Lipinski definition) is 8. The van der Waals surface area contributed by atoms with E-state index in [9.17, 15) is 0 Å². The van der Waals surface area contributed by atoms with Crippen molar-refractivity contribution < 1.29 is 4.52 Å². The summed E-state index contributed by atoms with van der Waals surface area (Å²) in [6, 6.07) is 2.00. The van der Waals surface area contributed by atoms with Crippen LogP contribution >= 0.6 is 0 Å². The van der Waals surface area contributed by atoms with Gasteiger partial charge in [0.15, 0.2) is 5.76 Å². The number of piperazine rings is 1. The van der Waals surface area contributed by atoms with E-state index in [1.807, 2.05) is 32.0 Å². The van der Waals surface area contributed by atoms with Crippen LogP contribution in [0.4, 0.5) is 11.9 Å². The summed E-state index contributed by atoms with van der Waals surface area (Å²) in [5, 5.41) is 3.95. The molecule has 8 nitrogen and oxygen atoms in total. The predicted octanol–water partition coefficient (Wildman–Crippen LogP) is 1.68. The highest BCUT2D eigenvalue weighted by Gasteiger charge is 2.22. The summed E-state index contributed by atoms with van der Waals surface area (Å²) in [7, 11) is 3.92. The Morgan fingerprint density at radius 1 is 1.12 bits per heavy atom. The van der Waals surface area contributed by atoms with Gasteiger partial charge in [-0.25, -0.2) is 0 Å². The van der Waals surface area contributed by atoms with E-state index in [0.717, 1.165) is 56.0 Å². The number of anilines is 2. The Hall–Kier alpha value is -2.22. The van der Waals surface area contributed by atoms with Gasteiger partial charge in [0.05, 0.1) is 12.2 Å². The summed E-state index contributed by atoms with van der Waals surface area (Å²) in [6.07, 6.45) is 0. The minimum Gasteiger partial charge on any atom is -0.360 e. The molecule has 0 N–H and O–H groups in total.